The number of nitrogens with zero attached hydrogens (tertiary/aromatic N) is 1. The molecule has 0 spiro atoms. The van der Waals surface area contributed by atoms with Gasteiger partial charge in [-0.25, -0.2) is 4.79 Å². The van der Waals surface area contributed by atoms with Crippen molar-refractivity contribution in [3.8, 4) is 0 Å². The van der Waals surface area contributed by atoms with Gasteiger partial charge in [-0.3, -0.25) is 9.59 Å². The highest BCUT2D eigenvalue weighted by Gasteiger charge is 2.30. The van der Waals surface area contributed by atoms with Crippen molar-refractivity contribution in [2.24, 2.45) is 5.92 Å². The van der Waals surface area contributed by atoms with E-state index in [0.29, 0.717) is 12.3 Å². The Morgan fingerprint density at radius 1 is 1.39 bits per heavy atom. The van der Waals surface area contributed by atoms with Crippen molar-refractivity contribution in [1.82, 2.24) is 10.2 Å². The third-order valence-corrected chi connectivity index (χ3v) is 3.03. The zero-order valence-electron chi connectivity index (χ0n) is 10.8. The molecule has 1 fully saturated rings. The van der Waals surface area contributed by atoms with Crippen LogP contribution in [0.5, 0.6) is 0 Å². The van der Waals surface area contributed by atoms with E-state index in [0.717, 1.165) is 12.8 Å². The second-order valence-electron chi connectivity index (χ2n) is 4.73. The molecular formula is C12H20N2O4. The molecule has 0 aromatic heterocycles. The number of nitrogens with one attached hydrogen (secondary N) is 1. The topological polar surface area (TPSA) is 86.7 Å². The Morgan fingerprint density at radius 3 is 2.44 bits per heavy atom. The monoisotopic (exact) mass is 256 g/mol. The highest BCUT2D eigenvalue weighted by atomic mass is 16.4. The van der Waals surface area contributed by atoms with Crippen LogP contribution >= 0.6 is 0 Å². The maximum absolute atomic E-state index is 12.0. The lowest BCUT2D eigenvalue weighted by molar-refractivity contribution is -0.149. The van der Waals surface area contributed by atoms with Gasteiger partial charge >= 0.3 is 5.97 Å². The molecule has 1 aliphatic carbocycles. The predicted molar refractivity (Wildman–Crippen MR) is 64.8 cm³/mol. The Bertz CT molecular complexity index is 339. The first-order valence-corrected chi connectivity index (χ1v) is 6.18. The number of carboxylic acid groups (broad SMARTS) is 1. The van der Waals surface area contributed by atoms with Gasteiger partial charge in [0.05, 0.1) is 0 Å². The Kier molecular flexibility index (Phi) is 5.12. The van der Waals surface area contributed by atoms with Gasteiger partial charge in [0.25, 0.3) is 0 Å². The summed E-state index contributed by atoms with van der Waals surface area (Å²) < 4.78 is 0. The largest absolute Gasteiger partial charge is 0.480 e. The van der Waals surface area contributed by atoms with Crippen molar-refractivity contribution in [2.45, 2.75) is 39.2 Å². The fraction of sp³-hybridized carbons (Fsp3) is 0.750. The number of hydrogen-bond donors (Lipinski definition) is 2. The van der Waals surface area contributed by atoms with E-state index in [1.807, 2.05) is 0 Å². The van der Waals surface area contributed by atoms with Crippen LogP contribution in [0.25, 0.3) is 0 Å². The molecule has 1 aliphatic rings. The van der Waals surface area contributed by atoms with E-state index < -0.39 is 12.0 Å². The molecule has 1 rings (SSSR count). The Labute approximate surface area is 106 Å². The fourth-order valence-electron chi connectivity index (χ4n) is 1.71. The molecule has 0 aromatic rings. The van der Waals surface area contributed by atoms with Crippen molar-refractivity contribution in [2.75, 3.05) is 13.1 Å². The van der Waals surface area contributed by atoms with E-state index in [9.17, 15) is 14.4 Å². The summed E-state index contributed by atoms with van der Waals surface area (Å²) in [6.07, 6.45) is 2.51. The zero-order valence-corrected chi connectivity index (χ0v) is 10.8. The molecule has 18 heavy (non-hydrogen) atoms. The number of carbonyl (C=O) groups excluding carboxylic acids is 2. The van der Waals surface area contributed by atoms with Crippen molar-refractivity contribution in [3.05, 3.63) is 0 Å². The molecule has 1 unspecified atom stereocenters. The molecule has 2 amide bonds. The summed E-state index contributed by atoms with van der Waals surface area (Å²) >= 11 is 0. The van der Waals surface area contributed by atoms with Gasteiger partial charge in [-0.2, -0.15) is 0 Å². The maximum Gasteiger partial charge on any atom is 0.326 e. The summed E-state index contributed by atoms with van der Waals surface area (Å²) in [7, 11) is 0. The van der Waals surface area contributed by atoms with Crippen LogP contribution in [0, 0.1) is 5.92 Å². The van der Waals surface area contributed by atoms with Gasteiger partial charge in [0, 0.05) is 26.4 Å². The first kappa shape index (κ1) is 14.5. The van der Waals surface area contributed by atoms with Gasteiger partial charge in [-0.1, -0.05) is 0 Å². The molecule has 0 aliphatic heterocycles. The van der Waals surface area contributed by atoms with E-state index in [4.69, 9.17) is 5.11 Å². The van der Waals surface area contributed by atoms with Gasteiger partial charge in [-0.15, -0.1) is 0 Å². The summed E-state index contributed by atoms with van der Waals surface area (Å²) in [6.45, 7) is 3.39. The van der Waals surface area contributed by atoms with Crippen LogP contribution in [-0.2, 0) is 14.4 Å². The number of amides is 2. The van der Waals surface area contributed by atoms with Gasteiger partial charge in [0.2, 0.25) is 11.8 Å². The van der Waals surface area contributed by atoms with E-state index >= 15 is 0 Å². The highest BCUT2D eigenvalue weighted by Crippen LogP contribution is 2.33. The van der Waals surface area contributed by atoms with E-state index in [2.05, 4.69) is 5.32 Å². The van der Waals surface area contributed by atoms with Gasteiger partial charge in [0.1, 0.15) is 6.04 Å². The highest BCUT2D eigenvalue weighted by molar-refractivity contribution is 5.83. The first-order chi connectivity index (χ1) is 8.41. The summed E-state index contributed by atoms with van der Waals surface area (Å²) in [5, 5.41) is 11.5. The average Bonchev–Trinajstić information content (AvgIpc) is 3.06. The van der Waals surface area contributed by atoms with Crippen LogP contribution in [0.2, 0.25) is 0 Å². The average molecular weight is 256 g/mol. The molecule has 0 saturated heterocycles. The van der Waals surface area contributed by atoms with Crippen LogP contribution in [0.4, 0.5) is 0 Å². The van der Waals surface area contributed by atoms with Crippen LogP contribution < -0.4 is 5.32 Å². The lowest BCUT2D eigenvalue weighted by Gasteiger charge is -2.26. The summed E-state index contributed by atoms with van der Waals surface area (Å²) in [6, 6.07) is -0.856. The second-order valence-corrected chi connectivity index (χ2v) is 4.73. The molecule has 0 aromatic carbocycles. The third kappa shape index (κ3) is 4.73. The van der Waals surface area contributed by atoms with E-state index in [1.54, 1.807) is 0 Å². The second kappa shape index (κ2) is 6.37. The zero-order chi connectivity index (χ0) is 13.7. The lowest BCUT2D eigenvalue weighted by atomic mass is 10.2. The van der Waals surface area contributed by atoms with Gasteiger partial charge in [0.15, 0.2) is 0 Å². The summed E-state index contributed by atoms with van der Waals surface area (Å²) in [4.78, 5) is 35.0. The smallest absolute Gasteiger partial charge is 0.326 e. The maximum atomic E-state index is 12.0. The van der Waals surface area contributed by atoms with Crippen LogP contribution in [-0.4, -0.2) is 46.9 Å². The molecule has 6 heteroatoms. The van der Waals surface area contributed by atoms with Gasteiger partial charge < -0.3 is 15.3 Å². The van der Waals surface area contributed by atoms with Crippen molar-refractivity contribution < 1.29 is 19.5 Å². The van der Waals surface area contributed by atoms with Gasteiger partial charge in [-0.05, 0) is 25.7 Å². The molecular weight excluding hydrogens is 236 g/mol. The molecule has 6 nitrogen and oxygen atoms in total. The molecule has 1 atom stereocenters. The molecule has 1 saturated carbocycles. The minimum absolute atomic E-state index is 0.141. The molecule has 2 N–H and O–H groups in total. The Hall–Kier alpha value is -1.59. The van der Waals surface area contributed by atoms with Crippen molar-refractivity contribution in [3.63, 3.8) is 0 Å². The van der Waals surface area contributed by atoms with Crippen LogP contribution in [0.1, 0.15) is 33.1 Å². The third-order valence-electron chi connectivity index (χ3n) is 3.03. The lowest BCUT2D eigenvalue weighted by Crippen LogP contribution is -2.46. The Balaban J connectivity index is 2.52. The number of rotatable bonds is 7. The van der Waals surface area contributed by atoms with E-state index in [-0.39, 0.29) is 24.9 Å². The predicted octanol–water partition coefficient (Wildman–Crippen LogP) is 0.224. The minimum atomic E-state index is -1.03. The molecule has 0 heterocycles. The number of carbonyl (C=O) groups is 3. The van der Waals surface area contributed by atoms with Crippen LogP contribution in [0.15, 0.2) is 0 Å². The Morgan fingerprint density at radius 2 is 2.00 bits per heavy atom. The normalized spacial score (nSPS) is 15.9. The molecule has 102 valence electrons. The molecule has 0 bridgehead atoms. The van der Waals surface area contributed by atoms with E-state index in [1.165, 1.54) is 18.7 Å². The number of hydrogen-bond acceptors (Lipinski definition) is 3. The summed E-state index contributed by atoms with van der Waals surface area (Å²) in [5.74, 6) is -0.936. The number of aliphatic carboxylic acids is 1. The molecule has 0 radical (unpaired) electrons. The first-order valence-electron chi connectivity index (χ1n) is 6.18. The van der Waals surface area contributed by atoms with Crippen molar-refractivity contribution in [1.29, 1.82) is 0 Å². The van der Waals surface area contributed by atoms with Crippen LogP contribution in [0.3, 0.4) is 0 Å². The summed E-state index contributed by atoms with van der Waals surface area (Å²) in [5.41, 5.74) is 0. The minimum Gasteiger partial charge on any atom is -0.480 e. The quantitative estimate of drug-likeness (QED) is 0.682. The fourth-order valence-corrected chi connectivity index (χ4v) is 1.71. The van der Waals surface area contributed by atoms with Crippen molar-refractivity contribution >= 4 is 17.8 Å². The SMILES string of the molecule is CC(=O)NCCN(C(=O)CC1CC1)C(C)C(=O)O. The number of carboxylic acids is 1. The standard InChI is InChI=1S/C12H20N2O4/c1-8(12(17)18)14(6-5-13-9(2)15)11(16)7-10-3-4-10/h8,10H,3-7H2,1-2H3,(H,13,15)(H,17,18).